The number of nitrogens with zero attached hydrogens (tertiary/aromatic N) is 3. The maximum atomic E-state index is 15.0. The summed E-state index contributed by atoms with van der Waals surface area (Å²) in [6, 6.07) is 13.7. The third-order valence-electron chi connectivity index (χ3n) is 6.24. The van der Waals surface area contributed by atoms with Gasteiger partial charge in [-0.2, -0.15) is 0 Å². The van der Waals surface area contributed by atoms with Crippen LogP contribution in [-0.4, -0.2) is 74.2 Å². The average molecular weight is 484 g/mol. The zero-order valence-electron chi connectivity index (χ0n) is 19.7. The quantitative estimate of drug-likeness (QED) is 0.618. The highest BCUT2D eigenvalue weighted by atomic mass is 19.1. The number of anilines is 2. The average Bonchev–Trinajstić information content (AvgIpc) is 3.23. The van der Waals surface area contributed by atoms with Gasteiger partial charge in [-0.3, -0.25) is 14.5 Å². The maximum absolute atomic E-state index is 15.0. The minimum absolute atomic E-state index is 0.106. The molecule has 2 aliphatic rings. The Bertz CT molecular complexity index is 1070. The molecule has 0 aromatic heterocycles. The van der Waals surface area contributed by atoms with Crippen molar-refractivity contribution in [3.05, 3.63) is 59.9 Å². The summed E-state index contributed by atoms with van der Waals surface area (Å²) >= 11 is 0. The molecule has 0 aliphatic carbocycles. The second-order valence-electron chi connectivity index (χ2n) is 8.80. The molecule has 2 aromatic rings. The Hall–Kier alpha value is -3.66. The number of amides is 3. The van der Waals surface area contributed by atoms with Gasteiger partial charge in [-0.25, -0.2) is 9.18 Å². The van der Waals surface area contributed by atoms with Gasteiger partial charge in [-0.15, -0.1) is 0 Å². The second kappa shape index (κ2) is 10.7. The topological polar surface area (TPSA) is 108 Å². The number of hydrogen-bond acceptors (Lipinski definition) is 6. The number of benzene rings is 2. The number of nitrogens with two attached hydrogens (primary N) is 1. The standard InChI is InChI=1S/C25H30FN5O4/c1-17(32)28-15-20-16-31(25(34)35-20)19-7-8-23(21(26)14-19)29-9-11-30(12-10-29)24(33)22(27)13-18-5-3-2-4-6-18/h2-8,14,20,22H,9-13,15-16,27H2,1H3,(H,28,32)/t20-,22?/m0/s1. The van der Waals surface area contributed by atoms with E-state index in [4.69, 9.17) is 10.5 Å². The molecule has 0 spiro atoms. The molecular weight excluding hydrogens is 453 g/mol. The molecule has 186 valence electrons. The van der Waals surface area contributed by atoms with Crippen molar-refractivity contribution in [2.75, 3.05) is 49.1 Å². The van der Waals surface area contributed by atoms with Gasteiger partial charge < -0.3 is 25.6 Å². The number of hydrogen-bond donors (Lipinski definition) is 2. The fourth-order valence-corrected chi connectivity index (χ4v) is 4.37. The minimum atomic E-state index is -0.616. The van der Waals surface area contributed by atoms with Gasteiger partial charge in [-0.05, 0) is 30.2 Å². The van der Waals surface area contributed by atoms with Crippen LogP contribution in [0.25, 0.3) is 0 Å². The third kappa shape index (κ3) is 5.89. The summed E-state index contributed by atoms with van der Waals surface area (Å²) in [6.45, 7) is 3.67. The number of cyclic esters (lactones) is 1. The lowest BCUT2D eigenvalue weighted by Gasteiger charge is -2.37. The Kier molecular flexibility index (Phi) is 7.50. The van der Waals surface area contributed by atoms with Crippen molar-refractivity contribution in [2.45, 2.75) is 25.5 Å². The Labute approximate surface area is 203 Å². The van der Waals surface area contributed by atoms with Crippen molar-refractivity contribution >= 4 is 29.3 Å². The molecule has 0 radical (unpaired) electrons. The Morgan fingerprint density at radius 3 is 2.51 bits per heavy atom. The second-order valence-corrected chi connectivity index (χ2v) is 8.80. The molecule has 2 fully saturated rings. The van der Waals surface area contributed by atoms with E-state index in [-0.39, 0.29) is 24.9 Å². The third-order valence-corrected chi connectivity index (χ3v) is 6.24. The van der Waals surface area contributed by atoms with Crippen molar-refractivity contribution in [1.82, 2.24) is 10.2 Å². The summed E-state index contributed by atoms with van der Waals surface area (Å²) in [6.07, 6.45) is -0.597. The molecule has 2 aromatic carbocycles. The van der Waals surface area contributed by atoms with Gasteiger partial charge in [0.2, 0.25) is 11.8 Å². The first-order valence-electron chi connectivity index (χ1n) is 11.7. The highest BCUT2D eigenvalue weighted by Gasteiger charge is 2.33. The van der Waals surface area contributed by atoms with E-state index in [0.29, 0.717) is 44.0 Å². The van der Waals surface area contributed by atoms with Gasteiger partial charge in [0, 0.05) is 33.1 Å². The highest BCUT2D eigenvalue weighted by molar-refractivity contribution is 5.90. The van der Waals surface area contributed by atoms with E-state index in [1.54, 1.807) is 17.0 Å². The van der Waals surface area contributed by atoms with E-state index in [2.05, 4.69) is 5.32 Å². The van der Waals surface area contributed by atoms with Crippen LogP contribution >= 0.6 is 0 Å². The monoisotopic (exact) mass is 483 g/mol. The first kappa shape index (κ1) is 24.5. The molecule has 2 heterocycles. The SMILES string of the molecule is CC(=O)NC[C@H]1CN(c2ccc(N3CCN(C(=O)C(N)Cc4ccccc4)CC3)c(F)c2)C(=O)O1. The van der Waals surface area contributed by atoms with Crippen LogP contribution in [0.15, 0.2) is 48.5 Å². The minimum Gasteiger partial charge on any atom is -0.442 e. The Balaban J connectivity index is 1.32. The van der Waals surface area contributed by atoms with Crippen molar-refractivity contribution in [2.24, 2.45) is 5.73 Å². The predicted molar refractivity (Wildman–Crippen MR) is 130 cm³/mol. The summed E-state index contributed by atoms with van der Waals surface area (Å²) in [5.41, 5.74) is 7.97. The maximum Gasteiger partial charge on any atom is 0.414 e. The number of carbonyl (C=O) groups excluding carboxylic acids is 3. The van der Waals surface area contributed by atoms with Crippen molar-refractivity contribution < 1.29 is 23.5 Å². The molecule has 10 heteroatoms. The smallest absolute Gasteiger partial charge is 0.414 e. The van der Waals surface area contributed by atoms with Gasteiger partial charge in [-0.1, -0.05) is 30.3 Å². The number of piperazine rings is 1. The number of ether oxygens (including phenoxy) is 1. The summed E-state index contributed by atoms with van der Waals surface area (Å²) in [4.78, 5) is 41.0. The predicted octanol–water partition coefficient (Wildman–Crippen LogP) is 1.51. The molecule has 4 rings (SSSR count). The number of carbonyl (C=O) groups is 3. The van der Waals surface area contributed by atoms with Crippen molar-refractivity contribution in [1.29, 1.82) is 0 Å². The lowest BCUT2D eigenvalue weighted by Crippen LogP contribution is -2.53. The molecule has 3 N–H and O–H groups in total. The summed E-state index contributed by atoms with van der Waals surface area (Å²) in [5.74, 6) is -0.776. The van der Waals surface area contributed by atoms with Crippen LogP contribution < -0.4 is 20.9 Å². The van der Waals surface area contributed by atoms with Gasteiger partial charge in [0.1, 0.15) is 11.9 Å². The zero-order valence-corrected chi connectivity index (χ0v) is 19.7. The lowest BCUT2D eigenvalue weighted by molar-refractivity contribution is -0.132. The van der Waals surface area contributed by atoms with E-state index in [0.717, 1.165) is 5.56 Å². The van der Waals surface area contributed by atoms with Gasteiger partial charge in [0.25, 0.3) is 0 Å². The molecule has 2 saturated heterocycles. The van der Waals surface area contributed by atoms with E-state index >= 15 is 4.39 Å². The van der Waals surface area contributed by atoms with Crippen molar-refractivity contribution in [3.8, 4) is 0 Å². The Morgan fingerprint density at radius 2 is 1.86 bits per heavy atom. The van der Waals surface area contributed by atoms with E-state index in [1.807, 2.05) is 35.2 Å². The fourth-order valence-electron chi connectivity index (χ4n) is 4.37. The van der Waals surface area contributed by atoms with Gasteiger partial charge >= 0.3 is 6.09 Å². The summed E-state index contributed by atoms with van der Waals surface area (Å²) < 4.78 is 20.3. The molecular formula is C25H30FN5O4. The fraction of sp³-hybridized carbons (Fsp3) is 0.400. The number of nitrogens with one attached hydrogen (secondary N) is 1. The molecule has 2 aliphatic heterocycles. The summed E-state index contributed by atoms with van der Waals surface area (Å²) in [5, 5.41) is 2.61. The van der Waals surface area contributed by atoms with E-state index in [9.17, 15) is 14.4 Å². The molecule has 2 atom stereocenters. The zero-order chi connectivity index (χ0) is 24.9. The molecule has 0 saturated carbocycles. The highest BCUT2D eigenvalue weighted by Crippen LogP contribution is 2.28. The normalized spacial score (nSPS) is 18.9. The van der Waals surface area contributed by atoms with Crippen LogP contribution in [0.3, 0.4) is 0 Å². The van der Waals surface area contributed by atoms with Gasteiger partial charge in [0.05, 0.1) is 30.5 Å². The number of rotatable bonds is 7. The summed E-state index contributed by atoms with van der Waals surface area (Å²) in [7, 11) is 0. The van der Waals surface area contributed by atoms with Gasteiger partial charge in [0.15, 0.2) is 0 Å². The molecule has 0 bridgehead atoms. The molecule has 3 amide bonds. The largest absolute Gasteiger partial charge is 0.442 e. The van der Waals surface area contributed by atoms with Crippen LogP contribution in [0.2, 0.25) is 0 Å². The van der Waals surface area contributed by atoms with Crippen LogP contribution in [-0.2, 0) is 20.7 Å². The molecule has 9 nitrogen and oxygen atoms in total. The van der Waals surface area contributed by atoms with Crippen LogP contribution in [0.4, 0.5) is 20.6 Å². The van der Waals surface area contributed by atoms with E-state index in [1.165, 1.54) is 17.9 Å². The first-order valence-corrected chi connectivity index (χ1v) is 11.7. The van der Waals surface area contributed by atoms with Crippen LogP contribution in [0, 0.1) is 5.82 Å². The van der Waals surface area contributed by atoms with Crippen LogP contribution in [0.1, 0.15) is 12.5 Å². The first-order chi connectivity index (χ1) is 16.8. The Morgan fingerprint density at radius 1 is 1.14 bits per heavy atom. The van der Waals surface area contributed by atoms with Crippen LogP contribution in [0.5, 0.6) is 0 Å². The van der Waals surface area contributed by atoms with E-state index < -0.39 is 24.1 Å². The molecule has 35 heavy (non-hydrogen) atoms. The lowest BCUT2D eigenvalue weighted by atomic mass is 10.1. The van der Waals surface area contributed by atoms with Crippen molar-refractivity contribution in [3.63, 3.8) is 0 Å². The molecule has 1 unspecified atom stereocenters. The number of halogens is 1.